The van der Waals surface area contributed by atoms with E-state index in [-0.39, 0.29) is 5.91 Å². The Morgan fingerprint density at radius 3 is 2.24 bits per heavy atom. The molecule has 0 saturated heterocycles. The molecule has 0 saturated carbocycles. The molecule has 1 N–H and O–H groups in total. The first-order valence-corrected chi connectivity index (χ1v) is 9.76. The van der Waals surface area contributed by atoms with Gasteiger partial charge in [0, 0.05) is 16.8 Å². The van der Waals surface area contributed by atoms with Crippen molar-refractivity contribution in [3.05, 3.63) is 88.5 Å². The maximum atomic E-state index is 12.7. The molecule has 0 aliphatic heterocycles. The molecule has 150 valence electrons. The van der Waals surface area contributed by atoms with E-state index in [1.54, 1.807) is 19.2 Å². The zero-order chi connectivity index (χ0) is 20.8. The molecule has 4 nitrogen and oxygen atoms in total. The molecule has 0 radical (unpaired) electrons. The van der Waals surface area contributed by atoms with Crippen molar-refractivity contribution < 1.29 is 14.3 Å². The SMILES string of the molecule is CCc1ccc(NC(=O)c2ccc(OC)c(COc3cc(C)cc(C)c3)c2)cc1. The number of carbonyl (C=O) groups excluding carboxylic acids is 1. The van der Waals surface area contributed by atoms with Crippen molar-refractivity contribution in [1.82, 2.24) is 0 Å². The van der Waals surface area contributed by atoms with Gasteiger partial charge in [-0.1, -0.05) is 25.1 Å². The van der Waals surface area contributed by atoms with E-state index < -0.39 is 0 Å². The van der Waals surface area contributed by atoms with Gasteiger partial charge >= 0.3 is 0 Å². The number of carbonyl (C=O) groups is 1. The molecular formula is C25H27NO3. The largest absolute Gasteiger partial charge is 0.496 e. The van der Waals surface area contributed by atoms with Crippen LogP contribution in [0.3, 0.4) is 0 Å². The molecule has 0 heterocycles. The molecule has 1 amide bonds. The second kappa shape index (κ2) is 9.28. The molecule has 3 aromatic rings. The Hall–Kier alpha value is -3.27. The van der Waals surface area contributed by atoms with Gasteiger partial charge in [-0.15, -0.1) is 0 Å². The molecule has 0 unspecified atom stereocenters. The lowest BCUT2D eigenvalue weighted by atomic mass is 10.1. The fourth-order valence-electron chi connectivity index (χ4n) is 3.24. The summed E-state index contributed by atoms with van der Waals surface area (Å²) in [5.74, 6) is 1.33. The second-order valence-electron chi connectivity index (χ2n) is 7.14. The quantitative estimate of drug-likeness (QED) is 0.563. The summed E-state index contributed by atoms with van der Waals surface area (Å²) in [7, 11) is 1.62. The van der Waals surface area contributed by atoms with Crippen LogP contribution in [0.25, 0.3) is 0 Å². The van der Waals surface area contributed by atoms with Crippen LogP contribution in [-0.2, 0) is 13.0 Å². The van der Waals surface area contributed by atoms with E-state index in [1.165, 1.54) is 5.56 Å². The van der Waals surface area contributed by atoms with E-state index in [0.717, 1.165) is 34.5 Å². The summed E-state index contributed by atoms with van der Waals surface area (Å²) in [6, 6.07) is 19.4. The Morgan fingerprint density at radius 1 is 0.931 bits per heavy atom. The van der Waals surface area contributed by atoms with Gasteiger partial charge in [0.1, 0.15) is 18.1 Å². The Morgan fingerprint density at radius 2 is 1.62 bits per heavy atom. The van der Waals surface area contributed by atoms with Crippen LogP contribution in [0.2, 0.25) is 0 Å². The maximum Gasteiger partial charge on any atom is 0.255 e. The molecule has 0 fully saturated rings. The van der Waals surface area contributed by atoms with Crippen LogP contribution in [0.1, 0.15) is 39.5 Å². The topological polar surface area (TPSA) is 47.6 Å². The van der Waals surface area contributed by atoms with E-state index in [9.17, 15) is 4.79 Å². The zero-order valence-electron chi connectivity index (χ0n) is 17.4. The fraction of sp³-hybridized carbons (Fsp3) is 0.240. The third-order valence-electron chi connectivity index (χ3n) is 4.75. The summed E-state index contributed by atoms with van der Waals surface area (Å²) in [5, 5.41) is 2.94. The first kappa shape index (κ1) is 20.5. The molecule has 0 aliphatic rings. The second-order valence-corrected chi connectivity index (χ2v) is 7.14. The number of nitrogens with one attached hydrogen (secondary N) is 1. The molecule has 29 heavy (non-hydrogen) atoms. The van der Waals surface area contributed by atoms with Crippen molar-refractivity contribution in [2.75, 3.05) is 12.4 Å². The minimum Gasteiger partial charge on any atom is -0.496 e. The van der Waals surface area contributed by atoms with Crippen molar-refractivity contribution in [3.63, 3.8) is 0 Å². The Balaban J connectivity index is 1.75. The Bertz CT molecular complexity index is 973. The highest BCUT2D eigenvalue weighted by atomic mass is 16.5. The van der Waals surface area contributed by atoms with Crippen molar-refractivity contribution in [2.45, 2.75) is 33.8 Å². The minimum atomic E-state index is -0.162. The lowest BCUT2D eigenvalue weighted by Gasteiger charge is -2.13. The van der Waals surface area contributed by atoms with E-state index >= 15 is 0 Å². The van der Waals surface area contributed by atoms with Crippen molar-refractivity contribution in [3.8, 4) is 11.5 Å². The number of amides is 1. The van der Waals surface area contributed by atoms with Gasteiger partial charge in [-0.2, -0.15) is 0 Å². The predicted octanol–water partition coefficient (Wildman–Crippen LogP) is 5.71. The summed E-state index contributed by atoms with van der Waals surface area (Å²) in [4.78, 5) is 12.7. The Labute approximate surface area is 172 Å². The lowest BCUT2D eigenvalue weighted by Crippen LogP contribution is -2.13. The molecule has 3 aromatic carbocycles. The van der Waals surface area contributed by atoms with Crippen LogP contribution in [0, 0.1) is 13.8 Å². The number of ether oxygens (including phenoxy) is 2. The van der Waals surface area contributed by atoms with Crippen LogP contribution in [0.5, 0.6) is 11.5 Å². The predicted molar refractivity (Wildman–Crippen MR) is 117 cm³/mol. The van der Waals surface area contributed by atoms with Crippen LogP contribution in [0.15, 0.2) is 60.7 Å². The standard InChI is InChI=1S/C25H27NO3/c1-5-19-6-9-22(10-7-19)26-25(27)20-8-11-24(28-4)21(15-20)16-29-23-13-17(2)12-18(3)14-23/h6-15H,5,16H2,1-4H3,(H,26,27). The first-order valence-electron chi connectivity index (χ1n) is 9.76. The average Bonchev–Trinajstić information content (AvgIpc) is 2.72. The molecule has 0 aliphatic carbocycles. The minimum absolute atomic E-state index is 0.162. The van der Waals surface area contributed by atoms with Gasteiger partial charge in [-0.3, -0.25) is 4.79 Å². The number of methoxy groups -OCH3 is 1. The van der Waals surface area contributed by atoms with Gasteiger partial charge in [-0.05, 0) is 79.4 Å². The van der Waals surface area contributed by atoms with Crippen molar-refractivity contribution >= 4 is 11.6 Å². The highest BCUT2D eigenvalue weighted by Gasteiger charge is 2.12. The lowest BCUT2D eigenvalue weighted by molar-refractivity contribution is 0.102. The highest BCUT2D eigenvalue weighted by molar-refractivity contribution is 6.04. The van der Waals surface area contributed by atoms with Crippen LogP contribution >= 0.6 is 0 Å². The molecule has 3 rings (SSSR count). The van der Waals surface area contributed by atoms with Gasteiger partial charge in [-0.25, -0.2) is 0 Å². The van der Waals surface area contributed by atoms with Crippen molar-refractivity contribution in [2.24, 2.45) is 0 Å². The number of aryl methyl sites for hydroxylation is 3. The normalized spacial score (nSPS) is 10.5. The van der Waals surface area contributed by atoms with Gasteiger partial charge in [0.05, 0.1) is 7.11 Å². The third-order valence-corrected chi connectivity index (χ3v) is 4.75. The smallest absolute Gasteiger partial charge is 0.255 e. The molecule has 0 spiro atoms. The number of hydrogen-bond acceptors (Lipinski definition) is 3. The summed E-state index contributed by atoms with van der Waals surface area (Å²) in [6.45, 7) is 6.50. The summed E-state index contributed by atoms with van der Waals surface area (Å²) in [5.41, 5.74) is 5.68. The fourth-order valence-corrected chi connectivity index (χ4v) is 3.24. The Kier molecular flexibility index (Phi) is 6.55. The molecular weight excluding hydrogens is 362 g/mol. The number of anilines is 1. The summed E-state index contributed by atoms with van der Waals surface area (Å²) < 4.78 is 11.4. The average molecular weight is 389 g/mol. The van der Waals surface area contributed by atoms with Gasteiger partial charge in [0.15, 0.2) is 0 Å². The number of rotatable bonds is 7. The van der Waals surface area contributed by atoms with E-state index in [1.807, 2.05) is 56.3 Å². The summed E-state index contributed by atoms with van der Waals surface area (Å²) in [6.07, 6.45) is 0.969. The number of benzene rings is 3. The third kappa shape index (κ3) is 5.38. The van der Waals surface area contributed by atoms with Crippen LogP contribution < -0.4 is 14.8 Å². The van der Waals surface area contributed by atoms with Gasteiger partial charge in [0.2, 0.25) is 0 Å². The van der Waals surface area contributed by atoms with Crippen molar-refractivity contribution in [1.29, 1.82) is 0 Å². The monoisotopic (exact) mass is 389 g/mol. The van der Waals surface area contributed by atoms with Gasteiger partial charge in [0.25, 0.3) is 5.91 Å². The summed E-state index contributed by atoms with van der Waals surface area (Å²) >= 11 is 0. The zero-order valence-corrected chi connectivity index (χ0v) is 17.4. The molecule has 0 aromatic heterocycles. The molecule has 4 heteroatoms. The first-order chi connectivity index (χ1) is 14.0. The molecule has 0 bridgehead atoms. The van der Waals surface area contributed by atoms with E-state index in [2.05, 4.69) is 18.3 Å². The van der Waals surface area contributed by atoms with E-state index in [4.69, 9.17) is 9.47 Å². The van der Waals surface area contributed by atoms with Crippen LogP contribution in [0.4, 0.5) is 5.69 Å². The van der Waals surface area contributed by atoms with Gasteiger partial charge < -0.3 is 14.8 Å². The van der Waals surface area contributed by atoms with E-state index in [0.29, 0.717) is 17.9 Å². The van der Waals surface area contributed by atoms with Crippen LogP contribution in [-0.4, -0.2) is 13.0 Å². The highest BCUT2D eigenvalue weighted by Crippen LogP contribution is 2.24. The molecule has 0 atom stereocenters. The number of hydrogen-bond donors (Lipinski definition) is 1. The maximum absolute atomic E-state index is 12.7.